The second kappa shape index (κ2) is 8.31. The highest BCUT2D eigenvalue weighted by Gasteiger charge is 2.19. The lowest BCUT2D eigenvalue weighted by Gasteiger charge is -2.14. The molecule has 1 heterocycles. The second-order valence-electron chi connectivity index (χ2n) is 5.70. The van der Waals surface area contributed by atoms with E-state index in [-0.39, 0.29) is 6.04 Å². The van der Waals surface area contributed by atoms with Crippen molar-refractivity contribution in [1.82, 2.24) is 14.8 Å². The van der Waals surface area contributed by atoms with E-state index in [1.165, 1.54) is 0 Å². The summed E-state index contributed by atoms with van der Waals surface area (Å²) < 4.78 is 7.16. The maximum absolute atomic E-state index is 6.40. The molecule has 3 aromatic rings. The number of benzene rings is 2. The lowest BCUT2D eigenvalue weighted by molar-refractivity contribution is 0.414. The minimum absolute atomic E-state index is 0.291. The van der Waals surface area contributed by atoms with Gasteiger partial charge in [-0.25, -0.2) is 0 Å². The van der Waals surface area contributed by atoms with Crippen LogP contribution in [0.4, 0.5) is 0 Å². The normalized spacial score (nSPS) is 12.2. The van der Waals surface area contributed by atoms with Crippen LogP contribution in [-0.4, -0.2) is 21.9 Å². The lowest BCUT2D eigenvalue weighted by Crippen LogP contribution is -2.13. The first kappa shape index (κ1) is 19.0. The third kappa shape index (κ3) is 4.15. The number of thioether (sulfide) groups is 1. The van der Waals surface area contributed by atoms with Gasteiger partial charge in [-0.05, 0) is 42.8 Å². The molecule has 5 nitrogen and oxygen atoms in total. The van der Waals surface area contributed by atoms with Crippen LogP contribution in [0.1, 0.15) is 24.4 Å². The molecular weight excluding hydrogens is 391 g/mol. The Hall–Kier alpha value is -1.73. The molecule has 2 aromatic carbocycles. The standard InChI is InChI=1S/C18H18Cl2N4OS/c1-11(21)17-22-23-18(24(17)16-7-6-13(19)9-15(16)20)26-10-12-4-3-5-14(8-12)25-2/h3-9,11H,10,21H2,1-2H3. The zero-order valence-corrected chi connectivity index (χ0v) is 16.6. The van der Waals surface area contributed by atoms with E-state index in [9.17, 15) is 0 Å². The van der Waals surface area contributed by atoms with Gasteiger partial charge in [0.2, 0.25) is 0 Å². The number of aromatic nitrogens is 3. The van der Waals surface area contributed by atoms with E-state index in [0.29, 0.717) is 26.8 Å². The van der Waals surface area contributed by atoms with Crippen LogP contribution >= 0.6 is 35.0 Å². The Balaban J connectivity index is 1.94. The quantitative estimate of drug-likeness (QED) is 0.587. The molecule has 3 rings (SSSR count). The molecule has 0 amide bonds. The summed E-state index contributed by atoms with van der Waals surface area (Å²) >= 11 is 14.0. The third-order valence-electron chi connectivity index (χ3n) is 3.72. The fourth-order valence-corrected chi connectivity index (χ4v) is 3.86. The number of nitrogens with zero attached hydrogens (tertiary/aromatic N) is 3. The number of hydrogen-bond acceptors (Lipinski definition) is 5. The van der Waals surface area contributed by atoms with Crippen LogP contribution in [0.25, 0.3) is 5.69 Å². The minimum atomic E-state index is -0.291. The van der Waals surface area contributed by atoms with Crippen LogP contribution in [0.3, 0.4) is 0 Å². The largest absolute Gasteiger partial charge is 0.497 e. The van der Waals surface area contributed by atoms with E-state index in [1.54, 1.807) is 31.0 Å². The molecule has 0 aliphatic rings. The van der Waals surface area contributed by atoms with E-state index in [4.69, 9.17) is 33.7 Å². The van der Waals surface area contributed by atoms with Crippen molar-refractivity contribution in [3.63, 3.8) is 0 Å². The highest BCUT2D eigenvalue weighted by Crippen LogP contribution is 2.32. The molecular formula is C18H18Cl2N4OS. The molecule has 2 N–H and O–H groups in total. The topological polar surface area (TPSA) is 66.0 Å². The Bertz CT molecular complexity index is 914. The molecule has 0 spiro atoms. The number of nitrogens with two attached hydrogens (primary N) is 1. The van der Waals surface area contributed by atoms with Crippen LogP contribution < -0.4 is 10.5 Å². The van der Waals surface area contributed by atoms with Crippen molar-refractivity contribution in [3.8, 4) is 11.4 Å². The number of rotatable bonds is 6. The molecule has 26 heavy (non-hydrogen) atoms. The monoisotopic (exact) mass is 408 g/mol. The summed E-state index contributed by atoms with van der Waals surface area (Å²) in [5, 5.41) is 10.4. The van der Waals surface area contributed by atoms with E-state index < -0.39 is 0 Å². The molecule has 0 aliphatic carbocycles. The van der Waals surface area contributed by atoms with Gasteiger partial charge in [-0.15, -0.1) is 10.2 Å². The molecule has 0 radical (unpaired) electrons. The zero-order chi connectivity index (χ0) is 18.7. The summed E-state index contributed by atoms with van der Waals surface area (Å²) in [6, 6.07) is 12.9. The molecule has 0 saturated heterocycles. The van der Waals surface area contributed by atoms with Crippen molar-refractivity contribution in [1.29, 1.82) is 0 Å². The van der Waals surface area contributed by atoms with E-state index in [1.807, 2.05) is 41.8 Å². The van der Waals surface area contributed by atoms with E-state index >= 15 is 0 Å². The van der Waals surface area contributed by atoms with Crippen molar-refractivity contribution in [2.75, 3.05) is 7.11 Å². The molecule has 1 atom stereocenters. The summed E-state index contributed by atoms with van der Waals surface area (Å²) in [5.74, 6) is 2.17. The Morgan fingerprint density at radius 1 is 1.19 bits per heavy atom. The number of ether oxygens (including phenoxy) is 1. The Kier molecular flexibility index (Phi) is 6.09. The first-order valence-electron chi connectivity index (χ1n) is 7.91. The van der Waals surface area contributed by atoms with Crippen LogP contribution in [0, 0.1) is 0 Å². The first-order valence-corrected chi connectivity index (χ1v) is 9.66. The van der Waals surface area contributed by atoms with Crippen LogP contribution in [0.5, 0.6) is 5.75 Å². The SMILES string of the molecule is COc1cccc(CSc2nnc(C(C)N)n2-c2ccc(Cl)cc2Cl)c1. The van der Waals surface area contributed by atoms with Gasteiger partial charge >= 0.3 is 0 Å². The fourth-order valence-electron chi connectivity index (χ4n) is 2.47. The summed E-state index contributed by atoms with van der Waals surface area (Å²) in [6.45, 7) is 1.86. The maximum atomic E-state index is 6.40. The predicted molar refractivity (Wildman–Crippen MR) is 107 cm³/mol. The van der Waals surface area contributed by atoms with Gasteiger partial charge in [0.25, 0.3) is 0 Å². The van der Waals surface area contributed by atoms with Gasteiger partial charge in [0.15, 0.2) is 11.0 Å². The van der Waals surface area contributed by atoms with Crippen molar-refractivity contribution in [2.45, 2.75) is 23.9 Å². The van der Waals surface area contributed by atoms with Crippen molar-refractivity contribution >= 4 is 35.0 Å². The maximum Gasteiger partial charge on any atom is 0.196 e. The van der Waals surface area contributed by atoms with Gasteiger partial charge in [-0.1, -0.05) is 47.1 Å². The fraction of sp³-hybridized carbons (Fsp3) is 0.222. The molecule has 0 fully saturated rings. The average Bonchev–Trinajstić information content (AvgIpc) is 3.04. The van der Waals surface area contributed by atoms with Gasteiger partial charge in [0, 0.05) is 10.8 Å². The molecule has 0 aliphatic heterocycles. The van der Waals surface area contributed by atoms with E-state index in [0.717, 1.165) is 17.0 Å². The number of halogens is 2. The molecule has 8 heteroatoms. The van der Waals surface area contributed by atoms with Crippen molar-refractivity contribution in [2.24, 2.45) is 5.73 Å². The smallest absolute Gasteiger partial charge is 0.196 e. The van der Waals surface area contributed by atoms with Crippen LogP contribution in [-0.2, 0) is 5.75 Å². The molecule has 1 aromatic heterocycles. The summed E-state index contributed by atoms with van der Waals surface area (Å²) in [7, 11) is 1.65. The van der Waals surface area contributed by atoms with Crippen LogP contribution in [0.15, 0.2) is 47.6 Å². The lowest BCUT2D eigenvalue weighted by atomic mass is 10.2. The molecule has 0 bridgehead atoms. The Morgan fingerprint density at radius 2 is 2.00 bits per heavy atom. The first-order chi connectivity index (χ1) is 12.5. The Morgan fingerprint density at radius 3 is 2.69 bits per heavy atom. The van der Waals surface area contributed by atoms with Crippen LogP contribution in [0.2, 0.25) is 10.0 Å². The van der Waals surface area contributed by atoms with Gasteiger partial charge in [0.1, 0.15) is 5.75 Å². The van der Waals surface area contributed by atoms with Gasteiger partial charge in [-0.2, -0.15) is 0 Å². The highest BCUT2D eigenvalue weighted by molar-refractivity contribution is 7.98. The number of hydrogen-bond donors (Lipinski definition) is 1. The second-order valence-corrected chi connectivity index (χ2v) is 7.49. The molecule has 1 unspecified atom stereocenters. The zero-order valence-electron chi connectivity index (χ0n) is 14.3. The molecule has 136 valence electrons. The van der Waals surface area contributed by atoms with Crippen molar-refractivity contribution < 1.29 is 4.74 Å². The van der Waals surface area contributed by atoms with Gasteiger partial charge in [-0.3, -0.25) is 4.57 Å². The summed E-state index contributed by atoms with van der Waals surface area (Å²) in [4.78, 5) is 0. The summed E-state index contributed by atoms with van der Waals surface area (Å²) in [6.07, 6.45) is 0. The average molecular weight is 409 g/mol. The number of methoxy groups -OCH3 is 1. The highest BCUT2D eigenvalue weighted by atomic mass is 35.5. The Labute approximate surface area is 166 Å². The minimum Gasteiger partial charge on any atom is -0.497 e. The molecule has 0 saturated carbocycles. The van der Waals surface area contributed by atoms with E-state index in [2.05, 4.69) is 10.2 Å². The van der Waals surface area contributed by atoms with Gasteiger partial charge < -0.3 is 10.5 Å². The summed E-state index contributed by atoms with van der Waals surface area (Å²) in [5.41, 5.74) is 7.94. The van der Waals surface area contributed by atoms with Gasteiger partial charge in [0.05, 0.1) is 23.9 Å². The predicted octanol–water partition coefficient (Wildman–Crippen LogP) is 4.89. The third-order valence-corrected chi connectivity index (χ3v) is 5.26. The van der Waals surface area contributed by atoms with Crippen molar-refractivity contribution in [3.05, 3.63) is 63.9 Å².